The average molecular weight is 395 g/mol. The zero-order chi connectivity index (χ0) is 20.6. The number of hydrogen-bond donors (Lipinski definition) is 1. The fourth-order valence-corrected chi connectivity index (χ4v) is 3.26. The fourth-order valence-electron chi connectivity index (χ4n) is 3.26. The normalized spacial score (nSPS) is 12.2. The Morgan fingerprint density at radius 2 is 1.76 bits per heavy atom. The van der Waals surface area contributed by atoms with Gasteiger partial charge in [0.25, 0.3) is 5.91 Å². The Kier molecular flexibility index (Phi) is 7.00. The van der Waals surface area contributed by atoms with Crippen LogP contribution < -0.4 is 10.1 Å². The summed E-state index contributed by atoms with van der Waals surface area (Å²) in [4.78, 5) is 35.0. The topological polar surface area (TPSA) is 81.7 Å². The molecular formula is C23H25NO5. The number of fused-ring (bicyclic) bond motifs is 1. The van der Waals surface area contributed by atoms with Gasteiger partial charge < -0.3 is 14.8 Å². The molecule has 1 aliphatic rings. The van der Waals surface area contributed by atoms with Gasteiger partial charge in [0.2, 0.25) is 0 Å². The zero-order valence-corrected chi connectivity index (χ0v) is 16.5. The van der Waals surface area contributed by atoms with E-state index in [4.69, 9.17) is 9.47 Å². The van der Waals surface area contributed by atoms with Crippen molar-refractivity contribution in [2.24, 2.45) is 0 Å². The largest absolute Gasteiger partial charge is 0.494 e. The number of carbonyl (C=O) groups excluding carboxylic acids is 3. The van der Waals surface area contributed by atoms with Gasteiger partial charge in [-0.3, -0.25) is 14.4 Å². The van der Waals surface area contributed by atoms with Gasteiger partial charge in [0.05, 0.1) is 6.61 Å². The van der Waals surface area contributed by atoms with Gasteiger partial charge in [-0.15, -0.1) is 0 Å². The van der Waals surface area contributed by atoms with E-state index >= 15 is 0 Å². The van der Waals surface area contributed by atoms with E-state index in [9.17, 15) is 14.4 Å². The van der Waals surface area contributed by atoms with Gasteiger partial charge in [-0.05, 0) is 80.1 Å². The number of amides is 1. The monoisotopic (exact) mass is 395 g/mol. The zero-order valence-electron chi connectivity index (χ0n) is 16.5. The van der Waals surface area contributed by atoms with E-state index in [2.05, 4.69) is 5.32 Å². The van der Waals surface area contributed by atoms with Gasteiger partial charge in [-0.25, -0.2) is 0 Å². The second-order valence-corrected chi connectivity index (χ2v) is 7.08. The predicted octanol–water partition coefficient (Wildman–Crippen LogP) is 3.72. The Labute approximate surface area is 170 Å². The Morgan fingerprint density at radius 1 is 1.00 bits per heavy atom. The summed E-state index contributed by atoms with van der Waals surface area (Å²) < 4.78 is 10.6. The quantitative estimate of drug-likeness (QED) is 0.398. The minimum atomic E-state index is -0.440. The van der Waals surface area contributed by atoms with Crippen LogP contribution in [0.1, 0.15) is 47.7 Å². The molecule has 0 radical (unpaired) electrons. The molecular weight excluding hydrogens is 370 g/mol. The first-order valence-corrected chi connectivity index (χ1v) is 9.82. The molecule has 1 aliphatic carbocycles. The summed E-state index contributed by atoms with van der Waals surface area (Å²) in [6.45, 7) is 1.55. The number of aryl methyl sites for hydroxylation is 2. The van der Waals surface area contributed by atoms with E-state index in [1.54, 1.807) is 24.3 Å². The number of carbonyl (C=O) groups is 3. The first-order chi connectivity index (χ1) is 14.0. The van der Waals surface area contributed by atoms with Crippen LogP contribution in [0.15, 0.2) is 42.5 Å². The van der Waals surface area contributed by atoms with Gasteiger partial charge in [0.15, 0.2) is 12.4 Å². The van der Waals surface area contributed by atoms with E-state index < -0.39 is 5.97 Å². The lowest BCUT2D eigenvalue weighted by molar-refractivity contribution is -0.147. The first-order valence-electron chi connectivity index (χ1n) is 9.82. The average Bonchev–Trinajstić information content (AvgIpc) is 3.18. The van der Waals surface area contributed by atoms with Crippen LogP contribution in [0.2, 0.25) is 0 Å². The highest BCUT2D eigenvalue weighted by atomic mass is 16.5. The van der Waals surface area contributed by atoms with Crippen molar-refractivity contribution in [3.05, 3.63) is 59.2 Å². The van der Waals surface area contributed by atoms with Crippen molar-refractivity contribution in [2.75, 3.05) is 18.5 Å². The molecule has 1 amide bonds. The SMILES string of the molecule is CC(=O)c1ccc(OCCCC(=O)OCC(=O)Nc2ccc3c(c2)CCC3)cc1. The maximum absolute atomic E-state index is 12.0. The summed E-state index contributed by atoms with van der Waals surface area (Å²) in [5, 5.41) is 2.76. The number of hydrogen-bond acceptors (Lipinski definition) is 5. The van der Waals surface area contributed by atoms with E-state index in [1.807, 2.05) is 18.2 Å². The second-order valence-electron chi connectivity index (χ2n) is 7.08. The number of esters is 1. The lowest BCUT2D eigenvalue weighted by Gasteiger charge is -2.09. The summed E-state index contributed by atoms with van der Waals surface area (Å²) in [6, 6.07) is 12.7. The highest BCUT2D eigenvalue weighted by molar-refractivity contribution is 5.94. The van der Waals surface area contributed by atoms with Crippen molar-refractivity contribution >= 4 is 23.3 Å². The third kappa shape index (κ3) is 6.17. The van der Waals surface area contributed by atoms with Gasteiger partial charge in [0.1, 0.15) is 5.75 Å². The van der Waals surface area contributed by atoms with Crippen LogP contribution in [0.3, 0.4) is 0 Å². The van der Waals surface area contributed by atoms with Crippen molar-refractivity contribution in [2.45, 2.75) is 39.0 Å². The highest BCUT2D eigenvalue weighted by Crippen LogP contribution is 2.24. The molecule has 0 bridgehead atoms. The number of ketones is 1. The third-order valence-corrected chi connectivity index (χ3v) is 4.80. The van der Waals surface area contributed by atoms with E-state index in [1.165, 1.54) is 18.1 Å². The molecule has 0 unspecified atom stereocenters. The molecule has 2 aromatic carbocycles. The maximum Gasteiger partial charge on any atom is 0.306 e. The summed E-state index contributed by atoms with van der Waals surface area (Å²) in [5.41, 5.74) is 3.97. The second kappa shape index (κ2) is 9.87. The Hall–Kier alpha value is -3.15. The third-order valence-electron chi connectivity index (χ3n) is 4.80. The van der Waals surface area contributed by atoms with Crippen LogP contribution in [-0.4, -0.2) is 30.9 Å². The number of benzene rings is 2. The van der Waals surface area contributed by atoms with Crippen molar-refractivity contribution < 1.29 is 23.9 Å². The minimum Gasteiger partial charge on any atom is -0.494 e. The molecule has 0 aliphatic heterocycles. The van der Waals surface area contributed by atoms with Crippen molar-refractivity contribution in [1.82, 2.24) is 0 Å². The number of nitrogens with one attached hydrogen (secondary N) is 1. The van der Waals surface area contributed by atoms with Gasteiger partial charge >= 0.3 is 5.97 Å². The van der Waals surface area contributed by atoms with Crippen LogP contribution in [0.25, 0.3) is 0 Å². The van der Waals surface area contributed by atoms with Crippen LogP contribution >= 0.6 is 0 Å². The Bertz CT molecular complexity index is 889. The van der Waals surface area contributed by atoms with Gasteiger partial charge in [-0.2, -0.15) is 0 Å². The molecule has 0 aromatic heterocycles. The lowest BCUT2D eigenvalue weighted by Crippen LogP contribution is -2.21. The molecule has 0 heterocycles. The smallest absolute Gasteiger partial charge is 0.306 e. The van der Waals surface area contributed by atoms with Crippen LogP contribution in [0.4, 0.5) is 5.69 Å². The summed E-state index contributed by atoms with van der Waals surface area (Å²) >= 11 is 0. The van der Waals surface area contributed by atoms with E-state index in [0.29, 0.717) is 24.3 Å². The fraction of sp³-hybridized carbons (Fsp3) is 0.348. The number of Topliss-reactive ketones (excluding diaryl/α,β-unsaturated/α-hetero) is 1. The molecule has 29 heavy (non-hydrogen) atoms. The summed E-state index contributed by atoms with van der Waals surface area (Å²) in [5.74, 6) is -0.153. The molecule has 0 atom stereocenters. The minimum absolute atomic E-state index is 0.000457. The standard InChI is InChI=1S/C23H25NO5/c1-16(25)17-8-11-21(12-9-17)28-13-3-6-23(27)29-15-22(26)24-20-10-7-18-4-2-5-19(18)14-20/h7-12,14H,2-6,13,15H2,1H3,(H,24,26). The molecule has 0 saturated carbocycles. The van der Waals surface area contributed by atoms with Crippen molar-refractivity contribution in [3.8, 4) is 5.75 Å². The van der Waals surface area contributed by atoms with Crippen LogP contribution in [0, 0.1) is 0 Å². The Balaban J connectivity index is 1.31. The van der Waals surface area contributed by atoms with E-state index in [-0.39, 0.29) is 24.7 Å². The molecule has 6 heteroatoms. The molecule has 152 valence electrons. The number of rotatable bonds is 9. The van der Waals surface area contributed by atoms with Gasteiger partial charge in [-0.1, -0.05) is 6.07 Å². The molecule has 2 aromatic rings. The summed E-state index contributed by atoms with van der Waals surface area (Å²) in [7, 11) is 0. The molecule has 6 nitrogen and oxygen atoms in total. The highest BCUT2D eigenvalue weighted by Gasteiger charge is 2.13. The number of ether oxygens (including phenoxy) is 2. The van der Waals surface area contributed by atoms with Crippen molar-refractivity contribution in [3.63, 3.8) is 0 Å². The summed E-state index contributed by atoms with van der Waals surface area (Å²) in [6.07, 6.45) is 3.92. The van der Waals surface area contributed by atoms with Crippen LogP contribution in [0.5, 0.6) is 5.75 Å². The number of anilines is 1. The van der Waals surface area contributed by atoms with Crippen LogP contribution in [-0.2, 0) is 27.2 Å². The first kappa shape index (κ1) is 20.6. The molecule has 0 spiro atoms. The molecule has 3 rings (SSSR count). The lowest BCUT2D eigenvalue weighted by atomic mass is 10.1. The van der Waals surface area contributed by atoms with Gasteiger partial charge in [0, 0.05) is 17.7 Å². The molecule has 1 N–H and O–H groups in total. The van der Waals surface area contributed by atoms with E-state index in [0.717, 1.165) is 24.9 Å². The Morgan fingerprint density at radius 3 is 2.52 bits per heavy atom. The molecule has 0 fully saturated rings. The van der Waals surface area contributed by atoms with Crippen molar-refractivity contribution in [1.29, 1.82) is 0 Å². The predicted molar refractivity (Wildman–Crippen MR) is 109 cm³/mol. The molecule has 0 saturated heterocycles. The maximum atomic E-state index is 12.0.